The molecule has 2 aromatic rings. The first kappa shape index (κ1) is 21.5. The van der Waals surface area contributed by atoms with Gasteiger partial charge in [0.25, 0.3) is 5.91 Å². The van der Waals surface area contributed by atoms with Gasteiger partial charge in [0.15, 0.2) is 11.6 Å². The molecule has 9 heteroatoms. The lowest BCUT2D eigenvalue weighted by Gasteiger charge is -2.14. The fourth-order valence-electron chi connectivity index (χ4n) is 2.25. The van der Waals surface area contributed by atoms with Gasteiger partial charge in [0.2, 0.25) is 0 Å². The van der Waals surface area contributed by atoms with E-state index in [0.717, 1.165) is 12.5 Å². The Balaban J connectivity index is 2.19. The topological polar surface area (TPSA) is 70.6 Å². The maximum absolute atomic E-state index is 14.0. The van der Waals surface area contributed by atoms with Crippen LogP contribution in [0.2, 0.25) is 0 Å². The molecule has 0 spiro atoms. The van der Waals surface area contributed by atoms with E-state index >= 15 is 0 Å². The van der Waals surface area contributed by atoms with Crippen LogP contribution < -0.4 is 10.8 Å². The summed E-state index contributed by atoms with van der Waals surface area (Å²) in [5.74, 6) is -3.91. The number of carbonyl (C=O) groups is 1. The predicted molar refractivity (Wildman–Crippen MR) is 103 cm³/mol. The van der Waals surface area contributed by atoms with Gasteiger partial charge < -0.3 is 10.4 Å². The van der Waals surface area contributed by atoms with E-state index in [2.05, 4.69) is 10.8 Å². The molecule has 1 atom stereocenters. The Bertz CT molecular complexity index is 821. The van der Waals surface area contributed by atoms with Crippen molar-refractivity contribution in [3.8, 4) is 0 Å². The Hall–Kier alpha value is -1.85. The van der Waals surface area contributed by atoms with E-state index in [9.17, 15) is 23.1 Å². The number of carbonyl (C=O) groups excluding carboxylic acids is 1. The van der Waals surface area contributed by atoms with E-state index in [1.54, 1.807) is 6.07 Å². The molecule has 0 aliphatic heterocycles. The van der Waals surface area contributed by atoms with Crippen LogP contribution in [0, 0.1) is 21.0 Å². The summed E-state index contributed by atoms with van der Waals surface area (Å²) in [6.45, 7) is 1.72. The van der Waals surface area contributed by atoms with Crippen LogP contribution in [0.4, 0.5) is 24.5 Å². The molecule has 0 aliphatic rings. The van der Waals surface area contributed by atoms with Crippen LogP contribution >= 0.6 is 22.6 Å². The van der Waals surface area contributed by atoms with Crippen molar-refractivity contribution in [3.63, 3.8) is 0 Å². The number of hydrogen-bond acceptors (Lipinski definition) is 4. The summed E-state index contributed by atoms with van der Waals surface area (Å²) >= 11 is 1.93. The van der Waals surface area contributed by atoms with Crippen LogP contribution in [0.5, 0.6) is 0 Å². The number of rotatable bonds is 8. The molecule has 0 aliphatic carbocycles. The number of halogens is 4. The average Bonchev–Trinajstić information content (AvgIpc) is 2.60. The lowest BCUT2D eigenvalue weighted by atomic mass is 10.1. The van der Waals surface area contributed by atoms with Gasteiger partial charge in [0, 0.05) is 9.64 Å². The molecule has 2 rings (SSSR count). The molecule has 1 amide bonds. The van der Waals surface area contributed by atoms with Gasteiger partial charge in [-0.15, -0.1) is 0 Å². The maximum atomic E-state index is 14.0. The number of benzene rings is 2. The molecule has 5 nitrogen and oxygen atoms in total. The van der Waals surface area contributed by atoms with Crippen LogP contribution in [0.1, 0.15) is 30.1 Å². The zero-order valence-corrected chi connectivity index (χ0v) is 16.5. The Morgan fingerprint density at radius 1 is 1.15 bits per heavy atom. The van der Waals surface area contributed by atoms with Crippen molar-refractivity contribution in [3.05, 3.63) is 56.9 Å². The van der Waals surface area contributed by atoms with Crippen molar-refractivity contribution in [2.75, 3.05) is 11.9 Å². The van der Waals surface area contributed by atoms with E-state index < -0.39 is 29.5 Å². The van der Waals surface area contributed by atoms with E-state index in [1.807, 2.05) is 29.5 Å². The Labute approximate surface area is 168 Å². The molecule has 146 valence electrons. The van der Waals surface area contributed by atoms with E-state index in [0.29, 0.717) is 16.1 Å². The SMILES string of the molecule is CCCC(O)CONC(=O)c1cc(F)c(F)cc1Nc1ccc(I)cc1F. The minimum Gasteiger partial charge on any atom is -0.391 e. The van der Waals surface area contributed by atoms with Crippen LogP contribution in [-0.4, -0.2) is 23.7 Å². The third-order valence-corrected chi connectivity index (χ3v) is 4.24. The Morgan fingerprint density at radius 2 is 1.85 bits per heavy atom. The fraction of sp³-hybridized carbons (Fsp3) is 0.278. The second-order valence-corrected chi connectivity index (χ2v) is 6.99. The number of hydroxylamine groups is 1. The summed E-state index contributed by atoms with van der Waals surface area (Å²) in [4.78, 5) is 17.2. The fourth-order valence-corrected chi connectivity index (χ4v) is 2.70. The normalized spacial score (nSPS) is 11.9. The zero-order chi connectivity index (χ0) is 20.0. The molecular formula is C18H18F3IN2O3. The summed E-state index contributed by atoms with van der Waals surface area (Å²) in [7, 11) is 0. The lowest BCUT2D eigenvalue weighted by Crippen LogP contribution is -2.29. The molecule has 0 heterocycles. The lowest BCUT2D eigenvalue weighted by molar-refractivity contribution is -0.0149. The van der Waals surface area contributed by atoms with Gasteiger partial charge in [-0.2, -0.15) is 0 Å². The smallest absolute Gasteiger partial charge is 0.277 e. The van der Waals surface area contributed by atoms with Gasteiger partial charge in [-0.25, -0.2) is 18.7 Å². The van der Waals surface area contributed by atoms with Gasteiger partial charge in [0.05, 0.1) is 23.0 Å². The van der Waals surface area contributed by atoms with Crippen molar-refractivity contribution in [1.82, 2.24) is 5.48 Å². The van der Waals surface area contributed by atoms with Gasteiger partial charge >= 0.3 is 0 Å². The quantitative estimate of drug-likeness (QED) is 0.379. The molecule has 2 aromatic carbocycles. The minimum absolute atomic E-state index is 0.00485. The third kappa shape index (κ3) is 6.08. The van der Waals surface area contributed by atoms with Gasteiger partial charge in [-0.05, 0) is 53.3 Å². The molecule has 1 unspecified atom stereocenters. The Morgan fingerprint density at radius 3 is 2.52 bits per heavy atom. The second kappa shape index (κ2) is 9.90. The molecule has 0 aromatic heterocycles. The van der Waals surface area contributed by atoms with Gasteiger partial charge in [-0.3, -0.25) is 9.63 Å². The van der Waals surface area contributed by atoms with E-state index in [1.165, 1.54) is 12.1 Å². The Kier molecular flexibility index (Phi) is 7.87. The standard InChI is InChI=1S/C18H18F3IN2O3/c1-2-3-11(25)9-27-24-18(26)12-7-13(19)14(20)8-17(12)23-16-5-4-10(22)6-15(16)21/h4-8,11,23,25H,2-3,9H2,1H3,(H,24,26). The molecule has 0 saturated heterocycles. The summed E-state index contributed by atoms with van der Waals surface area (Å²) in [6, 6.07) is 5.72. The number of aliphatic hydroxyl groups is 1. The number of nitrogens with one attached hydrogen (secondary N) is 2. The van der Waals surface area contributed by atoms with Crippen LogP contribution in [-0.2, 0) is 4.84 Å². The first-order chi connectivity index (χ1) is 12.8. The molecule has 0 bridgehead atoms. The summed E-state index contributed by atoms with van der Waals surface area (Å²) in [5.41, 5.74) is 1.64. The van der Waals surface area contributed by atoms with Gasteiger partial charge in [0.1, 0.15) is 12.4 Å². The highest BCUT2D eigenvalue weighted by Crippen LogP contribution is 2.26. The van der Waals surface area contributed by atoms with E-state index in [4.69, 9.17) is 4.84 Å². The first-order valence-corrected chi connectivity index (χ1v) is 9.21. The number of amides is 1. The largest absolute Gasteiger partial charge is 0.391 e. The monoisotopic (exact) mass is 494 g/mol. The van der Waals surface area contributed by atoms with Crippen LogP contribution in [0.25, 0.3) is 0 Å². The molecule has 0 radical (unpaired) electrons. The van der Waals surface area contributed by atoms with Crippen molar-refractivity contribution < 1.29 is 27.9 Å². The molecule has 0 saturated carbocycles. The van der Waals surface area contributed by atoms with Crippen LogP contribution in [0.15, 0.2) is 30.3 Å². The maximum Gasteiger partial charge on any atom is 0.277 e. The number of anilines is 2. The third-order valence-electron chi connectivity index (χ3n) is 3.57. The molecule has 3 N–H and O–H groups in total. The summed E-state index contributed by atoms with van der Waals surface area (Å²) < 4.78 is 41.9. The molecule has 27 heavy (non-hydrogen) atoms. The summed E-state index contributed by atoms with van der Waals surface area (Å²) in [5, 5.41) is 12.2. The van der Waals surface area contributed by atoms with Crippen molar-refractivity contribution in [2.45, 2.75) is 25.9 Å². The predicted octanol–water partition coefficient (Wildman–Crippen LogP) is 4.27. The number of aliphatic hydroxyl groups excluding tert-OH is 1. The first-order valence-electron chi connectivity index (χ1n) is 8.13. The highest BCUT2D eigenvalue weighted by atomic mass is 127. The van der Waals surface area contributed by atoms with Gasteiger partial charge in [-0.1, -0.05) is 13.3 Å². The minimum atomic E-state index is -1.24. The highest BCUT2D eigenvalue weighted by Gasteiger charge is 2.18. The van der Waals surface area contributed by atoms with Crippen molar-refractivity contribution in [1.29, 1.82) is 0 Å². The average molecular weight is 494 g/mol. The highest BCUT2D eigenvalue weighted by molar-refractivity contribution is 14.1. The number of hydrogen-bond donors (Lipinski definition) is 3. The molecular weight excluding hydrogens is 476 g/mol. The summed E-state index contributed by atoms with van der Waals surface area (Å²) in [6.07, 6.45) is 0.454. The van der Waals surface area contributed by atoms with Crippen molar-refractivity contribution >= 4 is 39.9 Å². The van der Waals surface area contributed by atoms with Crippen molar-refractivity contribution in [2.24, 2.45) is 0 Å². The van der Waals surface area contributed by atoms with E-state index in [-0.39, 0.29) is 23.5 Å². The van der Waals surface area contributed by atoms with Crippen LogP contribution in [0.3, 0.4) is 0 Å². The zero-order valence-electron chi connectivity index (χ0n) is 14.4. The molecule has 0 fully saturated rings. The second-order valence-electron chi connectivity index (χ2n) is 5.75.